The van der Waals surface area contributed by atoms with Crippen LogP contribution in [0.2, 0.25) is 0 Å². The van der Waals surface area contributed by atoms with Gasteiger partial charge in [0.2, 0.25) is 0 Å². The zero-order valence-corrected chi connectivity index (χ0v) is 14.9. The number of allylic oxidation sites excluding steroid dienone is 2. The molecule has 0 radical (unpaired) electrons. The molecule has 0 N–H and O–H groups in total. The largest absolute Gasteiger partial charge is 0.266 e. The van der Waals surface area contributed by atoms with Crippen LogP contribution in [0.25, 0.3) is 0 Å². The van der Waals surface area contributed by atoms with E-state index in [-0.39, 0.29) is 11.8 Å². The highest BCUT2D eigenvalue weighted by atomic mass is 16.9. The van der Waals surface area contributed by atoms with Crippen molar-refractivity contribution >= 4 is 0 Å². The van der Waals surface area contributed by atoms with Gasteiger partial charge in [-0.25, -0.2) is 0 Å². The second-order valence-corrected chi connectivity index (χ2v) is 6.83. The van der Waals surface area contributed by atoms with Crippen molar-refractivity contribution in [3.63, 3.8) is 0 Å². The Morgan fingerprint density at radius 3 is 2.29 bits per heavy atom. The van der Waals surface area contributed by atoms with Crippen LogP contribution in [-0.2, 0) is 10.6 Å². The van der Waals surface area contributed by atoms with Gasteiger partial charge >= 0.3 is 0 Å². The van der Waals surface area contributed by atoms with Crippen LogP contribution in [0.1, 0.15) is 57.2 Å². The molecule has 0 aliphatic carbocycles. The Bertz CT molecular complexity index is 676. The van der Waals surface area contributed by atoms with Gasteiger partial charge < -0.3 is 0 Å². The molecule has 126 valence electrons. The van der Waals surface area contributed by atoms with E-state index in [0.717, 1.165) is 19.3 Å². The molecule has 1 aliphatic rings. The summed E-state index contributed by atoms with van der Waals surface area (Å²) in [6.07, 6.45) is 5.55. The predicted octanol–water partition coefficient (Wildman–Crippen LogP) is 5.98. The minimum absolute atomic E-state index is 0.245. The number of hydrogen-bond acceptors (Lipinski definition) is 2. The van der Waals surface area contributed by atoms with Crippen LogP contribution >= 0.6 is 0 Å². The molecule has 2 aromatic carbocycles. The molecule has 1 fully saturated rings. The van der Waals surface area contributed by atoms with E-state index in [4.69, 9.17) is 4.84 Å². The Labute approximate surface area is 145 Å². The Morgan fingerprint density at radius 2 is 1.67 bits per heavy atom. The summed E-state index contributed by atoms with van der Waals surface area (Å²) in [4.78, 5) is 6.23. The molecule has 0 bridgehead atoms. The summed E-state index contributed by atoms with van der Waals surface area (Å²) >= 11 is 0. The summed E-state index contributed by atoms with van der Waals surface area (Å²) in [5.41, 5.74) is 3.66. The average Bonchev–Trinajstić information content (AvgIpc) is 3.35. The van der Waals surface area contributed by atoms with Crippen molar-refractivity contribution in [2.45, 2.75) is 51.8 Å². The molecule has 0 aromatic heterocycles. The normalized spacial score (nSPS) is 23.5. The van der Waals surface area contributed by atoms with Gasteiger partial charge in [-0.15, -0.1) is 5.06 Å². The lowest BCUT2D eigenvalue weighted by Crippen LogP contribution is -2.19. The van der Waals surface area contributed by atoms with Crippen LogP contribution in [0.4, 0.5) is 0 Å². The lowest BCUT2D eigenvalue weighted by atomic mass is 9.96. The number of nitrogens with zero attached hydrogens (tertiary/aromatic N) is 1. The summed E-state index contributed by atoms with van der Waals surface area (Å²) in [6.45, 7) is 6.53. The third kappa shape index (κ3) is 3.61. The molecule has 2 nitrogen and oxygen atoms in total. The van der Waals surface area contributed by atoms with Crippen molar-refractivity contribution < 1.29 is 4.84 Å². The number of benzene rings is 2. The smallest absolute Gasteiger partial charge is 0.190 e. The Morgan fingerprint density at radius 1 is 1.04 bits per heavy atom. The Balaban J connectivity index is 1.77. The number of hydrogen-bond donors (Lipinski definition) is 0. The Hall–Kier alpha value is -1.90. The van der Waals surface area contributed by atoms with E-state index in [1.807, 2.05) is 0 Å². The summed E-state index contributed by atoms with van der Waals surface area (Å²) in [5.74, 6) is 0. The standard InChI is InChI=1S/C22H27NO/c1-18(2)12-10-11-17-22(21-15-8-5-9-16-21)23(24-22)19(3)20-13-6-4-7-14-20/h4-9,12-16,19H,10-11,17H2,1-3H3/t19-,22-,23?/m0/s1. The molecule has 24 heavy (non-hydrogen) atoms. The van der Waals surface area contributed by atoms with Gasteiger partial charge in [0.15, 0.2) is 5.72 Å². The molecular weight excluding hydrogens is 294 g/mol. The lowest BCUT2D eigenvalue weighted by molar-refractivity contribution is 0.153. The van der Waals surface area contributed by atoms with E-state index < -0.39 is 0 Å². The van der Waals surface area contributed by atoms with Crippen LogP contribution < -0.4 is 0 Å². The highest BCUT2D eigenvalue weighted by molar-refractivity contribution is 5.27. The van der Waals surface area contributed by atoms with Gasteiger partial charge in [-0.05, 0) is 45.6 Å². The van der Waals surface area contributed by atoms with Gasteiger partial charge in [-0.2, -0.15) is 0 Å². The molecule has 1 saturated heterocycles. The molecule has 0 spiro atoms. The van der Waals surface area contributed by atoms with Crippen LogP contribution in [-0.4, -0.2) is 5.06 Å². The minimum atomic E-state index is -0.272. The highest BCUT2D eigenvalue weighted by Gasteiger charge is 2.58. The molecule has 1 heterocycles. The van der Waals surface area contributed by atoms with Gasteiger partial charge in [0.25, 0.3) is 0 Å². The van der Waals surface area contributed by atoms with Crippen LogP contribution in [0, 0.1) is 0 Å². The predicted molar refractivity (Wildman–Crippen MR) is 99.2 cm³/mol. The first-order valence-electron chi connectivity index (χ1n) is 8.86. The fourth-order valence-electron chi connectivity index (χ4n) is 3.31. The maximum absolute atomic E-state index is 6.23. The Kier molecular flexibility index (Phi) is 5.17. The molecule has 1 unspecified atom stereocenters. The molecule has 0 amide bonds. The third-order valence-electron chi connectivity index (χ3n) is 4.70. The van der Waals surface area contributed by atoms with Gasteiger partial charge in [-0.1, -0.05) is 72.3 Å². The van der Waals surface area contributed by atoms with Crippen LogP contribution in [0.5, 0.6) is 0 Å². The third-order valence-corrected chi connectivity index (χ3v) is 4.70. The van der Waals surface area contributed by atoms with E-state index in [0.29, 0.717) is 0 Å². The molecule has 0 saturated carbocycles. The molecule has 2 heteroatoms. The summed E-state index contributed by atoms with van der Waals surface area (Å²) in [7, 11) is 0. The van der Waals surface area contributed by atoms with Crippen molar-refractivity contribution in [2.24, 2.45) is 0 Å². The summed E-state index contributed by atoms with van der Waals surface area (Å²) in [5, 5.41) is 2.17. The topological polar surface area (TPSA) is 15.5 Å². The maximum atomic E-state index is 6.23. The number of unbranched alkanes of at least 4 members (excludes halogenated alkanes) is 1. The van der Waals surface area contributed by atoms with Crippen molar-refractivity contribution in [2.75, 3.05) is 0 Å². The first-order chi connectivity index (χ1) is 11.6. The fraction of sp³-hybridized carbons (Fsp3) is 0.364. The van der Waals surface area contributed by atoms with E-state index in [9.17, 15) is 0 Å². The van der Waals surface area contributed by atoms with E-state index in [1.54, 1.807) is 0 Å². The molecule has 2 aromatic rings. The fourth-order valence-corrected chi connectivity index (χ4v) is 3.31. The SMILES string of the molecule is CC(C)=CCCC[C@@]1(c2ccccc2)ON1[C@@H](C)c1ccccc1. The quantitative estimate of drug-likeness (QED) is 0.354. The number of hydroxylamine groups is 2. The molecule has 1 aliphatic heterocycles. The molecular formula is C22H27NO. The van der Waals surface area contributed by atoms with Gasteiger partial charge in [-0.3, -0.25) is 4.84 Å². The zero-order chi connectivity index (χ0) is 17.0. The minimum Gasteiger partial charge on any atom is -0.266 e. The summed E-state index contributed by atoms with van der Waals surface area (Å²) in [6, 6.07) is 21.4. The molecule has 3 rings (SSSR count). The molecule has 3 atom stereocenters. The number of rotatable bonds is 7. The van der Waals surface area contributed by atoms with E-state index >= 15 is 0 Å². The maximum Gasteiger partial charge on any atom is 0.190 e. The average molecular weight is 321 g/mol. The van der Waals surface area contributed by atoms with Crippen LogP contribution in [0.15, 0.2) is 72.3 Å². The first kappa shape index (κ1) is 16.9. The van der Waals surface area contributed by atoms with Crippen LogP contribution in [0.3, 0.4) is 0 Å². The van der Waals surface area contributed by atoms with Crippen molar-refractivity contribution in [1.29, 1.82) is 0 Å². The van der Waals surface area contributed by atoms with E-state index in [2.05, 4.69) is 92.6 Å². The zero-order valence-electron chi connectivity index (χ0n) is 14.9. The second-order valence-electron chi connectivity index (χ2n) is 6.83. The van der Waals surface area contributed by atoms with Crippen molar-refractivity contribution in [3.05, 3.63) is 83.4 Å². The van der Waals surface area contributed by atoms with Crippen molar-refractivity contribution in [1.82, 2.24) is 5.06 Å². The lowest BCUT2D eigenvalue weighted by Gasteiger charge is -2.17. The van der Waals surface area contributed by atoms with Crippen molar-refractivity contribution in [3.8, 4) is 0 Å². The van der Waals surface area contributed by atoms with Gasteiger partial charge in [0.1, 0.15) is 0 Å². The highest BCUT2D eigenvalue weighted by Crippen LogP contribution is 2.53. The van der Waals surface area contributed by atoms with Gasteiger partial charge in [0, 0.05) is 5.56 Å². The van der Waals surface area contributed by atoms with E-state index in [1.165, 1.54) is 16.7 Å². The summed E-state index contributed by atoms with van der Waals surface area (Å²) < 4.78 is 0. The second kappa shape index (κ2) is 7.33. The first-order valence-corrected chi connectivity index (χ1v) is 8.86. The monoisotopic (exact) mass is 321 g/mol. The van der Waals surface area contributed by atoms with Gasteiger partial charge in [0.05, 0.1) is 6.04 Å².